The lowest BCUT2D eigenvalue weighted by Crippen LogP contribution is -2.28. The summed E-state index contributed by atoms with van der Waals surface area (Å²) in [4.78, 5) is 0. The maximum Gasteiger partial charge on any atom is 0.385 e. The van der Waals surface area contributed by atoms with Gasteiger partial charge in [-0.3, -0.25) is 0 Å². The van der Waals surface area contributed by atoms with Crippen LogP contribution in [0.4, 0.5) is 3.89 Å². The Morgan fingerprint density at radius 3 is 1.80 bits per heavy atom. The molecule has 0 unspecified atom stereocenters. The van der Waals surface area contributed by atoms with E-state index in [1.165, 1.54) is 6.92 Å². The molecule has 0 aromatic heterocycles. The molecule has 5 nitrogen and oxygen atoms in total. The summed E-state index contributed by atoms with van der Waals surface area (Å²) in [5.41, 5.74) is 0. The molecule has 1 N–H and O–H groups in total. The van der Waals surface area contributed by atoms with Crippen LogP contribution in [-0.2, 0) is 20.4 Å². The average molecular weight is 191 g/mol. The van der Waals surface area contributed by atoms with Crippen LogP contribution in [0.5, 0.6) is 0 Å². The Bertz CT molecular complexity index is 289. The fourth-order valence-corrected chi connectivity index (χ4v) is 1.90. The first-order chi connectivity index (χ1) is 4.27. The maximum absolute atomic E-state index is 11.6. The van der Waals surface area contributed by atoms with Crippen molar-refractivity contribution in [2.45, 2.75) is 6.92 Å². The quantitative estimate of drug-likeness (QED) is 0.588. The number of hydrogen-bond acceptors (Lipinski definition) is 4. The van der Waals surface area contributed by atoms with Gasteiger partial charge in [0.1, 0.15) is 0 Å². The Labute approximate surface area is 58.6 Å². The first-order valence-electron chi connectivity index (χ1n) is 2.23. The van der Waals surface area contributed by atoms with Gasteiger partial charge >= 0.3 is 10.4 Å². The number of nitrogens with one attached hydrogen (secondary N) is 1. The van der Waals surface area contributed by atoms with E-state index < -0.39 is 26.2 Å². The maximum atomic E-state index is 11.6. The van der Waals surface area contributed by atoms with E-state index in [2.05, 4.69) is 0 Å². The van der Waals surface area contributed by atoms with Gasteiger partial charge in [0.2, 0.25) is 10.0 Å². The number of hydrogen-bond donors (Lipinski definition) is 1. The minimum absolute atomic E-state index is 0.476. The Balaban J connectivity index is 4.49. The van der Waals surface area contributed by atoms with Gasteiger partial charge in [0, 0.05) is 0 Å². The third-order valence-corrected chi connectivity index (χ3v) is 3.18. The molecule has 0 atom stereocenters. The lowest BCUT2D eigenvalue weighted by atomic mass is 11.0. The highest BCUT2D eigenvalue weighted by atomic mass is 32.3. The van der Waals surface area contributed by atoms with Crippen LogP contribution in [0.2, 0.25) is 0 Å². The van der Waals surface area contributed by atoms with E-state index in [-0.39, 0.29) is 0 Å². The normalized spacial score (nSPS) is 13.4. The van der Waals surface area contributed by atoms with Crippen LogP contribution >= 0.6 is 0 Å². The van der Waals surface area contributed by atoms with Crippen LogP contribution in [0.25, 0.3) is 0 Å². The third-order valence-electron chi connectivity index (χ3n) is 0.607. The molecule has 0 saturated heterocycles. The smallest absolute Gasteiger partial charge is 0.211 e. The molecule has 0 fully saturated rings. The molecule has 0 rings (SSSR count). The van der Waals surface area contributed by atoms with Crippen LogP contribution in [0, 0.1) is 0 Å². The fraction of sp³-hybridized carbons (Fsp3) is 1.00. The summed E-state index contributed by atoms with van der Waals surface area (Å²) in [6, 6.07) is 0. The molecule has 0 aromatic carbocycles. The predicted octanol–water partition coefficient (Wildman–Crippen LogP) is -0.860. The van der Waals surface area contributed by atoms with Crippen LogP contribution in [0.3, 0.4) is 0 Å². The van der Waals surface area contributed by atoms with Crippen molar-refractivity contribution in [3.05, 3.63) is 0 Å². The molecule has 62 valence electrons. The van der Waals surface area contributed by atoms with Crippen molar-refractivity contribution in [3.8, 4) is 0 Å². The first-order valence-corrected chi connectivity index (χ1v) is 5.26. The van der Waals surface area contributed by atoms with Crippen molar-refractivity contribution in [1.82, 2.24) is 4.13 Å². The van der Waals surface area contributed by atoms with Crippen LogP contribution in [0.15, 0.2) is 0 Å². The molecule has 0 aliphatic rings. The second-order valence-electron chi connectivity index (χ2n) is 1.42. The highest BCUT2D eigenvalue weighted by Gasteiger charge is 2.16. The van der Waals surface area contributed by atoms with E-state index >= 15 is 0 Å². The summed E-state index contributed by atoms with van der Waals surface area (Å²) in [6.07, 6.45) is 0. The molecule has 0 bridgehead atoms. The molecule has 0 aliphatic heterocycles. The molecular weight excluding hydrogens is 185 g/mol. The standard InChI is InChI=1S/C2H6FNO4S2/c1-2-9(5,6)4-10(3,7)8/h4H,2H2,1H3. The first kappa shape index (κ1) is 9.79. The zero-order valence-corrected chi connectivity index (χ0v) is 6.67. The van der Waals surface area contributed by atoms with Crippen molar-refractivity contribution < 1.29 is 20.7 Å². The van der Waals surface area contributed by atoms with Gasteiger partial charge in [0.05, 0.1) is 5.75 Å². The summed E-state index contributed by atoms with van der Waals surface area (Å²) >= 11 is 0. The Morgan fingerprint density at radius 1 is 1.30 bits per heavy atom. The molecule has 0 aromatic rings. The predicted molar refractivity (Wildman–Crippen MR) is 32.6 cm³/mol. The minimum atomic E-state index is -5.13. The number of halogens is 1. The monoisotopic (exact) mass is 191 g/mol. The second-order valence-corrected chi connectivity index (χ2v) is 4.77. The third kappa shape index (κ3) is 4.65. The average Bonchev–Trinajstić information content (AvgIpc) is 1.60. The zero-order chi connectivity index (χ0) is 8.41. The molecule has 0 spiro atoms. The summed E-state index contributed by atoms with van der Waals surface area (Å²) in [6.45, 7) is 1.19. The lowest BCUT2D eigenvalue weighted by Gasteiger charge is -1.95. The highest BCUT2D eigenvalue weighted by Crippen LogP contribution is 1.89. The Morgan fingerprint density at radius 2 is 1.70 bits per heavy atom. The van der Waals surface area contributed by atoms with Gasteiger partial charge in [0.25, 0.3) is 0 Å². The topological polar surface area (TPSA) is 80.3 Å². The van der Waals surface area contributed by atoms with Crippen molar-refractivity contribution in [3.63, 3.8) is 0 Å². The molecule has 10 heavy (non-hydrogen) atoms. The summed E-state index contributed by atoms with van der Waals surface area (Å²) in [5, 5.41) is 0. The van der Waals surface area contributed by atoms with E-state index in [9.17, 15) is 20.7 Å². The van der Waals surface area contributed by atoms with Crippen molar-refractivity contribution in [1.29, 1.82) is 0 Å². The van der Waals surface area contributed by atoms with Crippen molar-refractivity contribution >= 4 is 20.4 Å². The van der Waals surface area contributed by atoms with E-state index in [4.69, 9.17) is 0 Å². The van der Waals surface area contributed by atoms with Gasteiger partial charge in [-0.25, -0.2) is 8.42 Å². The lowest BCUT2D eigenvalue weighted by molar-refractivity contribution is 0.542. The van der Waals surface area contributed by atoms with Crippen LogP contribution < -0.4 is 4.13 Å². The molecule has 0 radical (unpaired) electrons. The van der Waals surface area contributed by atoms with Crippen molar-refractivity contribution in [2.75, 3.05) is 5.75 Å². The van der Waals surface area contributed by atoms with E-state index in [1.54, 1.807) is 0 Å². The largest absolute Gasteiger partial charge is 0.385 e. The SMILES string of the molecule is CCS(=O)(=O)NS(=O)(=O)F. The van der Waals surface area contributed by atoms with Gasteiger partial charge in [-0.05, 0) is 6.92 Å². The fourth-order valence-electron chi connectivity index (χ4n) is 0.211. The molecule has 0 heterocycles. The van der Waals surface area contributed by atoms with E-state index in [0.717, 1.165) is 4.13 Å². The van der Waals surface area contributed by atoms with Gasteiger partial charge in [-0.1, -0.05) is 8.01 Å². The highest BCUT2D eigenvalue weighted by molar-refractivity contribution is 8.02. The summed E-state index contributed by atoms with van der Waals surface area (Å²) in [5.74, 6) is -0.476. The minimum Gasteiger partial charge on any atom is -0.211 e. The van der Waals surface area contributed by atoms with Crippen LogP contribution in [-0.4, -0.2) is 22.6 Å². The van der Waals surface area contributed by atoms with Gasteiger partial charge in [-0.15, -0.1) is 0 Å². The van der Waals surface area contributed by atoms with E-state index in [0.29, 0.717) is 0 Å². The Hall–Kier alpha value is -0.210. The van der Waals surface area contributed by atoms with Gasteiger partial charge < -0.3 is 0 Å². The molecule has 0 aliphatic carbocycles. The number of rotatable bonds is 3. The molecule has 0 saturated carbocycles. The van der Waals surface area contributed by atoms with Crippen LogP contribution in [0.1, 0.15) is 6.92 Å². The van der Waals surface area contributed by atoms with Crippen molar-refractivity contribution in [2.24, 2.45) is 0 Å². The second kappa shape index (κ2) is 2.81. The van der Waals surface area contributed by atoms with E-state index in [1.807, 2.05) is 0 Å². The number of sulfonamides is 1. The summed E-state index contributed by atoms with van der Waals surface area (Å²) < 4.78 is 52.2. The zero-order valence-electron chi connectivity index (χ0n) is 5.03. The Kier molecular flexibility index (Phi) is 2.75. The molecule has 0 amide bonds. The molecule has 8 heteroatoms. The van der Waals surface area contributed by atoms with Gasteiger partial charge in [-0.2, -0.15) is 8.42 Å². The molecular formula is C2H6FNO4S2. The van der Waals surface area contributed by atoms with Gasteiger partial charge in [0.15, 0.2) is 0 Å². The summed E-state index contributed by atoms with van der Waals surface area (Å²) in [7, 11) is -9.12.